The molecule has 0 bridgehead atoms. The van der Waals surface area contributed by atoms with Crippen molar-refractivity contribution in [3.63, 3.8) is 0 Å². The van der Waals surface area contributed by atoms with Crippen LogP contribution in [0.25, 0.3) is 0 Å². The molecule has 0 spiro atoms. The number of ether oxygens (including phenoxy) is 2. The topological polar surface area (TPSA) is 105 Å². The molecule has 1 rings (SSSR count). The van der Waals surface area contributed by atoms with E-state index in [0.29, 0.717) is 12.8 Å². The number of hydrogen-bond donors (Lipinski definition) is 2. The molecule has 0 aliphatic heterocycles. The standard InChI is InChI=1S/C18H26N2O6/c1-4-26-18(23)15(11-10-14-8-6-5-7-9-14)19-13(2)17(22)20(24)12-16(21)25-3/h5-9,13,15,19,24H,4,10-12H2,1-3H3/t13-,15-/m0/s1. The first-order valence-corrected chi connectivity index (χ1v) is 8.42. The number of rotatable bonds is 10. The number of nitrogens with one attached hydrogen (secondary N) is 1. The molecular formula is C18H26N2O6. The molecule has 0 saturated carbocycles. The van der Waals surface area contributed by atoms with E-state index < -0.39 is 36.5 Å². The predicted octanol–water partition coefficient (Wildman–Crippen LogP) is 0.920. The third-order valence-corrected chi connectivity index (χ3v) is 3.72. The van der Waals surface area contributed by atoms with Gasteiger partial charge in [0.1, 0.15) is 12.6 Å². The maximum absolute atomic E-state index is 12.2. The molecule has 8 nitrogen and oxygen atoms in total. The van der Waals surface area contributed by atoms with E-state index in [9.17, 15) is 19.6 Å². The van der Waals surface area contributed by atoms with Gasteiger partial charge in [0, 0.05) is 0 Å². The van der Waals surface area contributed by atoms with Gasteiger partial charge in [0.25, 0.3) is 5.91 Å². The fourth-order valence-corrected chi connectivity index (χ4v) is 2.33. The van der Waals surface area contributed by atoms with Crippen LogP contribution in [0.4, 0.5) is 0 Å². The van der Waals surface area contributed by atoms with Gasteiger partial charge in [-0.2, -0.15) is 0 Å². The molecule has 144 valence electrons. The first kappa shape index (κ1) is 21.6. The number of esters is 2. The number of hydrogen-bond acceptors (Lipinski definition) is 7. The Morgan fingerprint density at radius 3 is 2.46 bits per heavy atom. The fourth-order valence-electron chi connectivity index (χ4n) is 2.33. The molecule has 0 aliphatic carbocycles. The zero-order valence-corrected chi connectivity index (χ0v) is 15.3. The molecule has 2 N–H and O–H groups in total. The predicted molar refractivity (Wildman–Crippen MR) is 93.3 cm³/mol. The van der Waals surface area contributed by atoms with Gasteiger partial charge < -0.3 is 9.47 Å². The first-order chi connectivity index (χ1) is 12.4. The van der Waals surface area contributed by atoms with Crippen molar-refractivity contribution >= 4 is 17.8 Å². The van der Waals surface area contributed by atoms with Crippen LogP contribution in [0.15, 0.2) is 30.3 Å². The van der Waals surface area contributed by atoms with Gasteiger partial charge in [0.15, 0.2) is 0 Å². The minimum atomic E-state index is -0.894. The summed E-state index contributed by atoms with van der Waals surface area (Å²) in [5, 5.41) is 12.8. The molecule has 0 unspecified atom stereocenters. The van der Waals surface area contributed by atoms with Gasteiger partial charge in [-0.15, -0.1) is 0 Å². The maximum Gasteiger partial charge on any atom is 0.328 e. The normalized spacial score (nSPS) is 12.8. The first-order valence-electron chi connectivity index (χ1n) is 8.42. The SMILES string of the molecule is CCOC(=O)[C@H](CCc1ccccc1)N[C@@H](C)C(=O)N(O)CC(=O)OC. The average molecular weight is 366 g/mol. The molecule has 0 fully saturated rings. The number of aryl methyl sites for hydroxylation is 1. The van der Waals surface area contributed by atoms with E-state index in [-0.39, 0.29) is 11.7 Å². The highest BCUT2D eigenvalue weighted by Gasteiger charge is 2.27. The molecule has 0 heterocycles. The molecule has 1 aromatic carbocycles. The quantitative estimate of drug-likeness (QED) is 0.360. The van der Waals surface area contributed by atoms with Gasteiger partial charge in [0.2, 0.25) is 0 Å². The summed E-state index contributed by atoms with van der Waals surface area (Å²) in [6.07, 6.45) is 1.03. The Kier molecular flexibility index (Phi) is 9.32. The van der Waals surface area contributed by atoms with Crippen LogP contribution >= 0.6 is 0 Å². The summed E-state index contributed by atoms with van der Waals surface area (Å²) in [7, 11) is 1.16. The second-order valence-electron chi connectivity index (χ2n) is 5.69. The molecule has 1 aromatic rings. The minimum Gasteiger partial charge on any atom is -0.468 e. The van der Waals surface area contributed by atoms with Crippen LogP contribution in [0.5, 0.6) is 0 Å². The molecule has 2 atom stereocenters. The largest absolute Gasteiger partial charge is 0.468 e. The highest BCUT2D eigenvalue weighted by molar-refractivity contribution is 5.85. The van der Waals surface area contributed by atoms with Gasteiger partial charge in [0.05, 0.1) is 19.8 Å². The van der Waals surface area contributed by atoms with Crippen molar-refractivity contribution in [1.29, 1.82) is 0 Å². The molecule has 8 heteroatoms. The molecular weight excluding hydrogens is 340 g/mol. The summed E-state index contributed by atoms with van der Waals surface area (Å²) in [5.74, 6) is -1.97. The Bertz CT molecular complexity index is 593. The molecule has 0 aliphatic rings. The summed E-state index contributed by atoms with van der Waals surface area (Å²) in [5.41, 5.74) is 1.05. The summed E-state index contributed by atoms with van der Waals surface area (Å²) >= 11 is 0. The van der Waals surface area contributed by atoms with E-state index in [1.807, 2.05) is 30.3 Å². The molecule has 0 radical (unpaired) electrons. The lowest BCUT2D eigenvalue weighted by Crippen LogP contribution is -2.51. The van der Waals surface area contributed by atoms with Gasteiger partial charge in [-0.05, 0) is 32.3 Å². The van der Waals surface area contributed by atoms with Crippen LogP contribution in [0.1, 0.15) is 25.8 Å². The van der Waals surface area contributed by atoms with Crippen molar-refractivity contribution in [3.05, 3.63) is 35.9 Å². The van der Waals surface area contributed by atoms with Crippen molar-refractivity contribution in [1.82, 2.24) is 10.4 Å². The van der Waals surface area contributed by atoms with Crippen LogP contribution < -0.4 is 5.32 Å². The summed E-state index contributed by atoms with van der Waals surface area (Å²) < 4.78 is 9.45. The van der Waals surface area contributed by atoms with Gasteiger partial charge in [-0.3, -0.25) is 24.9 Å². The zero-order valence-electron chi connectivity index (χ0n) is 15.3. The number of benzene rings is 1. The molecule has 0 aromatic heterocycles. The van der Waals surface area contributed by atoms with Gasteiger partial charge >= 0.3 is 11.9 Å². The van der Waals surface area contributed by atoms with E-state index in [1.165, 1.54) is 6.92 Å². The number of hydroxylamine groups is 2. The molecule has 0 saturated heterocycles. The van der Waals surface area contributed by atoms with E-state index in [4.69, 9.17) is 4.74 Å². The summed E-state index contributed by atoms with van der Waals surface area (Å²) in [6, 6.07) is 8.00. The van der Waals surface area contributed by atoms with E-state index in [2.05, 4.69) is 10.1 Å². The number of nitrogens with zero attached hydrogens (tertiary/aromatic N) is 1. The second kappa shape index (κ2) is 11.2. The lowest BCUT2D eigenvalue weighted by atomic mass is 10.0. The number of carbonyl (C=O) groups is 3. The lowest BCUT2D eigenvalue weighted by Gasteiger charge is -2.24. The minimum absolute atomic E-state index is 0.221. The summed E-state index contributed by atoms with van der Waals surface area (Å²) in [6.45, 7) is 2.83. The van der Waals surface area contributed by atoms with E-state index in [0.717, 1.165) is 12.7 Å². The number of amides is 1. The van der Waals surface area contributed by atoms with Crippen LogP contribution in [0.2, 0.25) is 0 Å². The highest BCUT2D eigenvalue weighted by Crippen LogP contribution is 2.08. The van der Waals surface area contributed by atoms with Gasteiger partial charge in [-0.25, -0.2) is 5.06 Å². The fraction of sp³-hybridized carbons (Fsp3) is 0.500. The Hall–Kier alpha value is -2.45. The van der Waals surface area contributed by atoms with E-state index in [1.54, 1.807) is 6.92 Å². The van der Waals surface area contributed by atoms with Crippen molar-refractivity contribution in [2.75, 3.05) is 20.3 Å². The highest BCUT2D eigenvalue weighted by atomic mass is 16.5. The Balaban J connectivity index is 2.69. The van der Waals surface area contributed by atoms with Gasteiger partial charge in [-0.1, -0.05) is 30.3 Å². The van der Waals surface area contributed by atoms with Crippen molar-refractivity contribution in [2.24, 2.45) is 0 Å². The Labute approximate surface area is 153 Å². The van der Waals surface area contributed by atoms with E-state index >= 15 is 0 Å². The summed E-state index contributed by atoms with van der Waals surface area (Å²) in [4.78, 5) is 35.5. The smallest absolute Gasteiger partial charge is 0.328 e. The van der Waals surface area contributed by atoms with Crippen LogP contribution in [0.3, 0.4) is 0 Å². The third-order valence-electron chi connectivity index (χ3n) is 3.72. The Morgan fingerprint density at radius 2 is 1.88 bits per heavy atom. The lowest BCUT2D eigenvalue weighted by molar-refractivity contribution is -0.176. The molecule has 1 amide bonds. The number of methoxy groups -OCH3 is 1. The van der Waals surface area contributed by atoms with Crippen molar-refractivity contribution < 1.29 is 29.1 Å². The zero-order chi connectivity index (χ0) is 19.5. The monoisotopic (exact) mass is 366 g/mol. The van der Waals surface area contributed by atoms with Crippen LogP contribution in [-0.4, -0.2) is 60.5 Å². The van der Waals surface area contributed by atoms with Crippen molar-refractivity contribution in [3.8, 4) is 0 Å². The maximum atomic E-state index is 12.2. The third kappa shape index (κ3) is 7.20. The van der Waals surface area contributed by atoms with Crippen LogP contribution in [0, 0.1) is 0 Å². The van der Waals surface area contributed by atoms with Crippen molar-refractivity contribution in [2.45, 2.75) is 38.8 Å². The number of carbonyl (C=O) groups excluding carboxylic acids is 3. The second-order valence-corrected chi connectivity index (χ2v) is 5.69. The molecule has 26 heavy (non-hydrogen) atoms. The Morgan fingerprint density at radius 1 is 1.23 bits per heavy atom. The van der Waals surface area contributed by atoms with Crippen LogP contribution in [-0.2, 0) is 30.3 Å². The average Bonchev–Trinajstić information content (AvgIpc) is 2.64.